The van der Waals surface area contributed by atoms with Gasteiger partial charge in [0.25, 0.3) is 0 Å². The molecule has 3 N–H and O–H groups in total. The van der Waals surface area contributed by atoms with Gasteiger partial charge in [0.05, 0.1) is 21.1 Å². The van der Waals surface area contributed by atoms with Crippen molar-refractivity contribution < 1.29 is 9.59 Å². The lowest BCUT2D eigenvalue weighted by Gasteiger charge is -2.32. The van der Waals surface area contributed by atoms with Crippen LogP contribution in [-0.2, 0) is 0 Å². The zero-order valence-electron chi connectivity index (χ0n) is 6.63. The summed E-state index contributed by atoms with van der Waals surface area (Å²) in [4.78, 5) is 0. The number of hydrogen-bond acceptors (Lipinski definition) is 2. The van der Waals surface area contributed by atoms with Crippen molar-refractivity contribution in [3.63, 3.8) is 0 Å². The molecule has 3 nitrogen and oxygen atoms in total. The Bertz CT molecular complexity index is 85.5. The van der Waals surface area contributed by atoms with Gasteiger partial charge in [0.2, 0.25) is 0 Å². The Kier molecular flexibility index (Phi) is 2.61. The average molecular weight is 133 g/mol. The monoisotopic (exact) mass is 133 g/mol. The lowest BCUT2D eigenvalue weighted by atomic mass is 10.3. The summed E-state index contributed by atoms with van der Waals surface area (Å²) in [6, 6.07) is 0. The first-order valence-corrected chi connectivity index (χ1v) is 3.10. The molecule has 0 aliphatic carbocycles. The lowest BCUT2D eigenvalue weighted by Crippen LogP contribution is -2.56. The molecule has 0 aromatic heterocycles. The van der Waals surface area contributed by atoms with Gasteiger partial charge in [-0.3, -0.25) is 5.73 Å². The van der Waals surface area contributed by atoms with E-state index >= 15 is 0 Å². The third-order valence-electron chi connectivity index (χ3n) is 1.39. The Balaban J connectivity index is 3.88. The number of nitrogens with two attached hydrogens (primary N) is 1. The Hall–Kier alpha value is -0.120. The van der Waals surface area contributed by atoms with Crippen LogP contribution in [0.5, 0.6) is 0 Å². The highest BCUT2D eigenvalue weighted by Gasteiger charge is 2.23. The van der Waals surface area contributed by atoms with Gasteiger partial charge in [0, 0.05) is 0 Å². The van der Waals surface area contributed by atoms with Crippen molar-refractivity contribution >= 4 is 0 Å². The zero-order valence-corrected chi connectivity index (χ0v) is 6.63. The minimum atomic E-state index is -0.440. The van der Waals surface area contributed by atoms with E-state index in [1.54, 1.807) is 6.92 Å². The summed E-state index contributed by atoms with van der Waals surface area (Å²) in [5, 5.41) is 9.02. The second-order valence-electron chi connectivity index (χ2n) is 3.35. The summed E-state index contributed by atoms with van der Waals surface area (Å²) in [6.07, 6.45) is -0.630. The van der Waals surface area contributed by atoms with Crippen molar-refractivity contribution in [1.29, 1.82) is 0 Å². The van der Waals surface area contributed by atoms with Crippen LogP contribution in [0.4, 0.5) is 0 Å². The van der Waals surface area contributed by atoms with Crippen LogP contribution in [0.1, 0.15) is 6.92 Å². The molecule has 0 amide bonds. The number of aliphatic hydroxyl groups excluding tert-OH is 1. The zero-order chi connectivity index (χ0) is 7.65. The molecule has 0 aromatic rings. The van der Waals surface area contributed by atoms with Crippen LogP contribution in [-0.4, -0.2) is 43.0 Å². The van der Waals surface area contributed by atoms with Gasteiger partial charge in [0.15, 0.2) is 6.17 Å². The van der Waals surface area contributed by atoms with Crippen LogP contribution in [0.15, 0.2) is 0 Å². The molecule has 0 bridgehead atoms. The van der Waals surface area contributed by atoms with Crippen LogP contribution >= 0.6 is 0 Å². The molecule has 2 unspecified atom stereocenters. The highest BCUT2D eigenvalue weighted by Crippen LogP contribution is 1.99. The predicted molar refractivity (Wildman–Crippen MR) is 37.7 cm³/mol. The van der Waals surface area contributed by atoms with Gasteiger partial charge in [-0.1, -0.05) is 0 Å². The van der Waals surface area contributed by atoms with Gasteiger partial charge in [-0.25, -0.2) is 0 Å². The second kappa shape index (κ2) is 2.64. The molecule has 0 heterocycles. The molecule has 0 radical (unpaired) electrons. The second-order valence-corrected chi connectivity index (χ2v) is 3.35. The van der Waals surface area contributed by atoms with Crippen molar-refractivity contribution in [3.8, 4) is 0 Å². The molecular formula is C6H17N2O+. The number of rotatable bonds is 2. The van der Waals surface area contributed by atoms with Gasteiger partial charge < -0.3 is 9.59 Å². The highest BCUT2D eigenvalue weighted by molar-refractivity contribution is 4.53. The van der Waals surface area contributed by atoms with E-state index in [-0.39, 0.29) is 6.17 Å². The molecule has 2 atom stereocenters. The molecule has 0 spiro atoms. The largest absolute Gasteiger partial charge is 0.386 e. The van der Waals surface area contributed by atoms with Crippen molar-refractivity contribution in [1.82, 2.24) is 0 Å². The number of quaternary nitrogens is 1. The van der Waals surface area contributed by atoms with Crippen LogP contribution in [0, 0.1) is 0 Å². The van der Waals surface area contributed by atoms with Gasteiger partial charge in [-0.15, -0.1) is 0 Å². The van der Waals surface area contributed by atoms with E-state index in [1.165, 1.54) is 0 Å². The molecule has 0 fully saturated rings. The van der Waals surface area contributed by atoms with Gasteiger partial charge in [-0.05, 0) is 6.92 Å². The normalized spacial score (nSPS) is 19.3. The molecular weight excluding hydrogens is 116 g/mol. The molecule has 0 aliphatic rings. The summed E-state index contributed by atoms with van der Waals surface area (Å²) >= 11 is 0. The quantitative estimate of drug-likeness (QED) is 0.389. The molecule has 0 rings (SSSR count). The van der Waals surface area contributed by atoms with Crippen molar-refractivity contribution in [2.75, 3.05) is 21.1 Å². The first kappa shape index (κ1) is 8.88. The number of hydrogen-bond donors (Lipinski definition) is 2. The van der Waals surface area contributed by atoms with E-state index in [9.17, 15) is 0 Å². The Morgan fingerprint density at radius 3 is 1.67 bits per heavy atom. The summed E-state index contributed by atoms with van der Waals surface area (Å²) in [7, 11) is 5.87. The molecule has 56 valence electrons. The maximum atomic E-state index is 9.02. The van der Waals surface area contributed by atoms with E-state index < -0.39 is 6.10 Å². The van der Waals surface area contributed by atoms with Crippen molar-refractivity contribution in [2.24, 2.45) is 5.73 Å². The summed E-state index contributed by atoms with van der Waals surface area (Å²) in [6.45, 7) is 1.70. The maximum Gasteiger partial charge on any atom is 0.166 e. The van der Waals surface area contributed by atoms with E-state index in [0.29, 0.717) is 4.48 Å². The van der Waals surface area contributed by atoms with E-state index in [4.69, 9.17) is 10.8 Å². The Morgan fingerprint density at radius 1 is 1.33 bits per heavy atom. The molecule has 0 saturated heterocycles. The maximum absolute atomic E-state index is 9.02. The molecule has 3 heteroatoms. The average Bonchev–Trinajstić information content (AvgIpc) is 1.62. The van der Waals surface area contributed by atoms with Crippen molar-refractivity contribution in [2.45, 2.75) is 19.2 Å². The van der Waals surface area contributed by atoms with Crippen LogP contribution in [0.2, 0.25) is 0 Å². The first-order chi connectivity index (χ1) is 3.85. The SMILES string of the molecule is CC(O)C(N)[N+](C)(C)C. The molecule has 0 saturated carbocycles. The van der Waals surface area contributed by atoms with Crippen LogP contribution in [0.25, 0.3) is 0 Å². The fraction of sp³-hybridized carbons (Fsp3) is 1.00. The lowest BCUT2D eigenvalue weighted by molar-refractivity contribution is -0.899. The topological polar surface area (TPSA) is 46.2 Å². The summed E-state index contributed by atoms with van der Waals surface area (Å²) < 4.78 is 0.595. The van der Waals surface area contributed by atoms with Crippen molar-refractivity contribution in [3.05, 3.63) is 0 Å². The van der Waals surface area contributed by atoms with Crippen LogP contribution < -0.4 is 5.73 Å². The fourth-order valence-electron chi connectivity index (χ4n) is 0.647. The molecule has 0 aliphatic heterocycles. The number of aliphatic hydroxyl groups is 1. The van der Waals surface area contributed by atoms with Gasteiger partial charge >= 0.3 is 0 Å². The van der Waals surface area contributed by atoms with E-state index in [2.05, 4.69) is 0 Å². The highest BCUT2D eigenvalue weighted by atomic mass is 16.3. The molecule has 9 heavy (non-hydrogen) atoms. The molecule has 0 aromatic carbocycles. The van der Waals surface area contributed by atoms with E-state index in [1.807, 2.05) is 21.1 Å². The van der Waals surface area contributed by atoms with Gasteiger partial charge in [0.1, 0.15) is 6.10 Å². The third kappa shape index (κ3) is 2.79. The summed E-state index contributed by atoms with van der Waals surface area (Å²) in [5.41, 5.74) is 5.62. The smallest absolute Gasteiger partial charge is 0.166 e. The van der Waals surface area contributed by atoms with Gasteiger partial charge in [-0.2, -0.15) is 0 Å². The fourth-order valence-corrected chi connectivity index (χ4v) is 0.647. The minimum absolute atomic E-state index is 0.190. The summed E-state index contributed by atoms with van der Waals surface area (Å²) in [5.74, 6) is 0. The Morgan fingerprint density at radius 2 is 1.67 bits per heavy atom. The standard InChI is InChI=1S/C6H17N2O/c1-5(9)6(7)8(2,3)4/h5-6,9H,7H2,1-4H3/q+1. The predicted octanol–water partition coefficient (Wildman–Crippen LogP) is -0.642. The number of likely N-dealkylation sites (N-methyl/N-ethyl adjacent to an activating group) is 1. The Labute approximate surface area is 56.7 Å². The van der Waals surface area contributed by atoms with E-state index in [0.717, 1.165) is 0 Å². The first-order valence-electron chi connectivity index (χ1n) is 3.10. The number of nitrogens with zero attached hydrogens (tertiary/aromatic N) is 1. The van der Waals surface area contributed by atoms with Crippen LogP contribution in [0.3, 0.4) is 0 Å². The third-order valence-corrected chi connectivity index (χ3v) is 1.39. The minimum Gasteiger partial charge on any atom is -0.386 e.